The highest BCUT2D eigenvalue weighted by atomic mass is 16.2. The molecule has 0 spiro atoms. The van der Waals surface area contributed by atoms with E-state index in [4.69, 9.17) is 0 Å². The number of benzene rings is 1. The minimum Gasteiger partial charge on any atom is -0.337 e. The number of aromatic nitrogens is 5. The zero-order chi connectivity index (χ0) is 19.0. The molecule has 0 saturated carbocycles. The number of carbonyl (C=O) groups is 1. The maximum absolute atomic E-state index is 13.0. The molecule has 1 amide bonds. The van der Waals surface area contributed by atoms with Crippen LogP contribution in [0.4, 0.5) is 0 Å². The molecule has 1 atom stereocenters. The number of nitrogens with zero attached hydrogens (tertiary/aromatic N) is 5. The quantitative estimate of drug-likeness (QED) is 0.775. The van der Waals surface area contributed by atoms with Crippen LogP contribution >= 0.6 is 0 Å². The van der Waals surface area contributed by atoms with Crippen LogP contribution < -0.4 is 0 Å². The summed E-state index contributed by atoms with van der Waals surface area (Å²) in [6, 6.07) is 8.07. The number of aryl methyl sites for hydroxylation is 3. The fraction of sp³-hybridized carbons (Fsp3) is 0.400. The van der Waals surface area contributed by atoms with Crippen molar-refractivity contribution in [3.05, 3.63) is 53.2 Å². The highest BCUT2D eigenvalue weighted by molar-refractivity contribution is 5.93. The molecule has 140 valence electrons. The highest BCUT2D eigenvalue weighted by Gasteiger charge is 2.28. The summed E-state index contributed by atoms with van der Waals surface area (Å²) < 4.78 is 1.94. The second-order valence-electron chi connectivity index (χ2n) is 7.36. The van der Waals surface area contributed by atoms with Crippen molar-refractivity contribution in [2.24, 2.45) is 7.05 Å². The van der Waals surface area contributed by atoms with Gasteiger partial charge in [0.1, 0.15) is 17.8 Å². The summed E-state index contributed by atoms with van der Waals surface area (Å²) in [6.45, 7) is 5.58. The normalized spacial score (nSPS) is 17.3. The largest absolute Gasteiger partial charge is 0.337 e. The standard InChI is InChI=1S/C20H24N6O/c1-13-6-7-15(9-14(13)2)17-10-18(23-22-17)20(27)26-8-4-5-16(11-26)19-24-21-12-25(19)3/h6-7,9-10,12,16H,4-5,8,11H2,1-3H3,(H,22,23). The molecule has 7 nitrogen and oxygen atoms in total. The lowest BCUT2D eigenvalue weighted by Crippen LogP contribution is -2.39. The van der Waals surface area contributed by atoms with Gasteiger partial charge in [-0.15, -0.1) is 10.2 Å². The van der Waals surface area contributed by atoms with Crippen molar-refractivity contribution in [2.45, 2.75) is 32.6 Å². The summed E-state index contributed by atoms with van der Waals surface area (Å²) in [5, 5.41) is 15.5. The minimum absolute atomic E-state index is 0.00977. The second kappa shape index (κ2) is 6.98. The SMILES string of the molecule is Cc1ccc(-c2cc(C(=O)N3CCCC(c4nncn4C)C3)[nH]n2)cc1C. The summed E-state index contributed by atoms with van der Waals surface area (Å²) in [6.07, 6.45) is 3.69. The third kappa shape index (κ3) is 3.37. The third-order valence-electron chi connectivity index (χ3n) is 5.43. The first-order chi connectivity index (χ1) is 13.0. The second-order valence-corrected chi connectivity index (χ2v) is 7.36. The van der Waals surface area contributed by atoms with Crippen molar-refractivity contribution in [3.8, 4) is 11.3 Å². The number of piperidine rings is 1. The third-order valence-corrected chi connectivity index (χ3v) is 5.43. The molecule has 0 aliphatic carbocycles. The van der Waals surface area contributed by atoms with Crippen LogP contribution in [-0.4, -0.2) is 48.9 Å². The molecule has 3 heterocycles. The minimum atomic E-state index is -0.00977. The predicted molar refractivity (Wildman–Crippen MR) is 102 cm³/mol. The van der Waals surface area contributed by atoms with Crippen molar-refractivity contribution >= 4 is 5.91 Å². The number of amides is 1. The van der Waals surface area contributed by atoms with Gasteiger partial charge in [0.25, 0.3) is 5.91 Å². The molecule has 27 heavy (non-hydrogen) atoms. The van der Waals surface area contributed by atoms with Crippen molar-refractivity contribution < 1.29 is 4.79 Å². The Morgan fingerprint density at radius 3 is 2.81 bits per heavy atom. The molecular weight excluding hydrogens is 340 g/mol. The lowest BCUT2D eigenvalue weighted by Gasteiger charge is -2.31. The van der Waals surface area contributed by atoms with E-state index in [1.54, 1.807) is 6.33 Å². The van der Waals surface area contributed by atoms with Crippen LogP contribution in [0.5, 0.6) is 0 Å². The van der Waals surface area contributed by atoms with E-state index in [9.17, 15) is 4.79 Å². The molecule has 1 fully saturated rings. The predicted octanol–water partition coefficient (Wildman–Crippen LogP) is 2.84. The zero-order valence-electron chi connectivity index (χ0n) is 15.9. The van der Waals surface area contributed by atoms with Crippen LogP contribution in [0.2, 0.25) is 0 Å². The van der Waals surface area contributed by atoms with Gasteiger partial charge < -0.3 is 9.47 Å². The molecule has 0 bridgehead atoms. The van der Waals surface area contributed by atoms with E-state index in [0.29, 0.717) is 12.2 Å². The van der Waals surface area contributed by atoms with Crippen LogP contribution in [-0.2, 0) is 7.05 Å². The zero-order valence-corrected chi connectivity index (χ0v) is 15.9. The van der Waals surface area contributed by atoms with E-state index >= 15 is 0 Å². The molecule has 1 aromatic carbocycles. The van der Waals surface area contributed by atoms with Gasteiger partial charge in [-0.1, -0.05) is 12.1 Å². The van der Waals surface area contributed by atoms with Gasteiger partial charge in [-0.05, 0) is 49.9 Å². The topological polar surface area (TPSA) is 79.7 Å². The van der Waals surface area contributed by atoms with Gasteiger partial charge in [-0.25, -0.2) is 0 Å². The van der Waals surface area contributed by atoms with E-state index in [1.165, 1.54) is 11.1 Å². The Bertz CT molecular complexity index is 973. The molecular formula is C20H24N6O. The Hall–Kier alpha value is -2.96. The average Bonchev–Trinajstić information content (AvgIpc) is 3.33. The van der Waals surface area contributed by atoms with Crippen molar-refractivity contribution in [1.29, 1.82) is 0 Å². The summed E-state index contributed by atoms with van der Waals surface area (Å²) in [7, 11) is 1.95. The number of aromatic amines is 1. The number of likely N-dealkylation sites (tertiary alicyclic amines) is 1. The number of carbonyl (C=O) groups excluding carboxylic acids is 1. The van der Waals surface area contributed by atoms with Crippen molar-refractivity contribution in [1.82, 2.24) is 29.9 Å². The monoisotopic (exact) mass is 364 g/mol. The van der Waals surface area contributed by atoms with E-state index in [0.717, 1.165) is 36.5 Å². The van der Waals surface area contributed by atoms with Crippen LogP contribution in [0.3, 0.4) is 0 Å². The molecule has 1 unspecified atom stereocenters. The molecule has 7 heteroatoms. The summed E-state index contributed by atoms with van der Waals surface area (Å²) in [4.78, 5) is 14.9. The fourth-order valence-electron chi connectivity index (χ4n) is 3.68. The highest BCUT2D eigenvalue weighted by Crippen LogP contribution is 2.27. The van der Waals surface area contributed by atoms with E-state index < -0.39 is 0 Å². The Balaban J connectivity index is 1.52. The molecule has 3 aromatic rings. The number of hydrogen-bond acceptors (Lipinski definition) is 4. The maximum Gasteiger partial charge on any atom is 0.271 e. The molecule has 4 rings (SSSR count). The first-order valence-electron chi connectivity index (χ1n) is 9.29. The van der Waals surface area contributed by atoms with E-state index in [1.807, 2.05) is 28.6 Å². The lowest BCUT2D eigenvalue weighted by atomic mass is 9.97. The van der Waals surface area contributed by atoms with Gasteiger partial charge in [0, 0.05) is 31.6 Å². The number of rotatable bonds is 3. The summed E-state index contributed by atoms with van der Waals surface area (Å²) >= 11 is 0. The molecule has 0 radical (unpaired) electrons. The molecule has 2 aromatic heterocycles. The van der Waals surface area contributed by atoms with Gasteiger partial charge in [0.2, 0.25) is 0 Å². The Morgan fingerprint density at radius 1 is 1.22 bits per heavy atom. The first kappa shape index (κ1) is 17.5. The average molecular weight is 364 g/mol. The Labute approximate surface area is 158 Å². The van der Waals surface area contributed by atoms with Gasteiger partial charge in [0.05, 0.1) is 5.69 Å². The van der Waals surface area contributed by atoms with E-state index in [-0.39, 0.29) is 11.8 Å². The fourth-order valence-corrected chi connectivity index (χ4v) is 3.68. The molecule has 1 aliphatic heterocycles. The lowest BCUT2D eigenvalue weighted by molar-refractivity contribution is 0.0697. The van der Waals surface area contributed by atoms with Crippen LogP contribution in [0.1, 0.15) is 46.2 Å². The summed E-state index contributed by atoms with van der Waals surface area (Å²) in [5.74, 6) is 1.15. The molecule has 1 saturated heterocycles. The number of H-pyrrole nitrogens is 1. The number of nitrogens with one attached hydrogen (secondary N) is 1. The Kier molecular flexibility index (Phi) is 4.51. The van der Waals surface area contributed by atoms with Crippen molar-refractivity contribution in [2.75, 3.05) is 13.1 Å². The number of hydrogen-bond donors (Lipinski definition) is 1. The van der Waals surface area contributed by atoms with Crippen LogP contribution in [0, 0.1) is 13.8 Å². The van der Waals surface area contributed by atoms with Gasteiger partial charge in [-0.2, -0.15) is 5.10 Å². The van der Waals surface area contributed by atoms with Gasteiger partial charge in [-0.3, -0.25) is 9.89 Å². The van der Waals surface area contributed by atoms with Crippen LogP contribution in [0.15, 0.2) is 30.6 Å². The molecule has 1 N–H and O–H groups in total. The van der Waals surface area contributed by atoms with Gasteiger partial charge >= 0.3 is 0 Å². The summed E-state index contributed by atoms with van der Waals surface area (Å²) in [5.41, 5.74) is 4.80. The van der Waals surface area contributed by atoms with Gasteiger partial charge in [0.15, 0.2) is 0 Å². The smallest absolute Gasteiger partial charge is 0.271 e. The maximum atomic E-state index is 13.0. The van der Waals surface area contributed by atoms with Crippen LogP contribution in [0.25, 0.3) is 11.3 Å². The van der Waals surface area contributed by atoms with Crippen molar-refractivity contribution in [3.63, 3.8) is 0 Å². The first-order valence-corrected chi connectivity index (χ1v) is 9.29. The Morgan fingerprint density at radius 2 is 2.07 bits per heavy atom. The molecule has 1 aliphatic rings. The van der Waals surface area contributed by atoms with E-state index in [2.05, 4.69) is 46.4 Å².